The van der Waals surface area contributed by atoms with E-state index in [1.54, 1.807) is 0 Å². The maximum Gasteiger partial charge on any atom is 0.0656 e. The molecule has 0 aromatic heterocycles. The average molecular weight is 359 g/mol. The minimum absolute atomic E-state index is 0.180. The van der Waals surface area contributed by atoms with E-state index < -0.39 is 10.2 Å². The first-order valence-corrected chi connectivity index (χ1v) is 9.17. The van der Waals surface area contributed by atoms with E-state index in [1.165, 1.54) is 16.7 Å². The van der Waals surface area contributed by atoms with Crippen LogP contribution in [0.5, 0.6) is 0 Å². The summed E-state index contributed by atoms with van der Waals surface area (Å²) in [6.07, 6.45) is 0. The molecule has 1 rings (SSSR count). The molecular weight excluding hydrogens is 328 g/mol. The highest BCUT2D eigenvalue weighted by molar-refractivity contribution is 5.36. The van der Waals surface area contributed by atoms with Gasteiger partial charge in [0.15, 0.2) is 0 Å². The lowest BCUT2D eigenvalue weighted by molar-refractivity contribution is -2.00. The minimum Gasteiger partial charge on any atom is -0.222 e. The fraction of sp³-hybridized carbons (Fsp3) is 0.632. The topological polar surface area (TPSA) is 92.2 Å². The maximum atomic E-state index is 8.49. The molecule has 1 aromatic carbocycles. The molecule has 0 heterocycles. The second-order valence-electron chi connectivity index (χ2n) is 9.12. The van der Waals surface area contributed by atoms with Crippen LogP contribution in [0.3, 0.4) is 0 Å². The molecule has 0 bridgehead atoms. The van der Waals surface area contributed by atoms with Crippen LogP contribution in [0.4, 0.5) is 0 Å². The Labute approximate surface area is 148 Å². The summed E-state index contributed by atoms with van der Waals surface area (Å²) in [5.74, 6) is 0. The van der Waals surface area contributed by atoms with Crippen LogP contribution < -0.4 is 18.6 Å². The third-order valence-corrected chi connectivity index (χ3v) is 3.66. The molecule has 0 saturated heterocycles. The summed E-state index contributed by atoms with van der Waals surface area (Å²) in [4.78, 5) is 0. The molecule has 0 atom stereocenters. The molecule has 4 nitrogen and oxygen atoms in total. The van der Waals surface area contributed by atoms with Crippen LogP contribution in [0.15, 0.2) is 24.3 Å². The first-order chi connectivity index (χ1) is 10.3. The maximum absolute atomic E-state index is 8.49. The van der Waals surface area contributed by atoms with Gasteiger partial charge in [0.2, 0.25) is 0 Å². The molecule has 138 valence electrons. The van der Waals surface area contributed by atoms with Gasteiger partial charge in [-0.05, 0) is 20.8 Å². The monoisotopic (exact) mass is 358 g/mol. The molecule has 1 aromatic rings. The van der Waals surface area contributed by atoms with Gasteiger partial charge >= 0.3 is 0 Å². The van der Waals surface area contributed by atoms with Crippen molar-refractivity contribution < 1.29 is 28.9 Å². The van der Waals surface area contributed by atoms with Gasteiger partial charge in [-0.2, -0.15) is 0 Å². The summed E-state index contributed by atoms with van der Waals surface area (Å²) >= 11 is 0. The number of halogens is 1. The van der Waals surface area contributed by atoms with Crippen molar-refractivity contribution in [3.63, 3.8) is 0 Å². The normalized spacial score (nSPS) is 13.2. The van der Waals surface area contributed by atoms with E-state index in [0.29, 0.717) is 0 Å². The van der Waals surface area contributed by atoms with E-state index in [1.807, 2.05) is 0 Å². The minimum atomic E-state index is -4.94. The summed E-state index contributed by atoms with van der Waals surface area (Å²) in [7, 11) is -4.94. The summed E-state index contributed by atoms with van der Waals surface area (Å²) in [6, 6.07) is 9.37. The van der Waals surface area contributed by atoms with Gasteiger partial charge in [-0.1, -0.05) is 41.5 Å². The Kier molecular flexibility index (Phi) is 7.38. The number of hydrogen-bond acceptors (Lipinski definition) is 4. The first kappa shape index (κ1) is 23.2. The van der Waals surface area contributed by atoms with Crippen molar-refractivity contribution in [2.75, 3.05) is 0 Å². The van der Waals surface area contributed by atoms with Crippen LogP contribution in [-0.2, 0) is 16.2 Å². The van der Waals surface area contributed by atoms with E-state index in [-0.39, 0.29) is 16.2 Å². The summed E-state index contributed by atoms with van der Waals surface area (Å²) in [5.41, 5.74) is 4.80. The molecule has 0 unspecified atom stereocenters. The number of rotatable bonds is 0. The van der Waals surface area contributed by atoms with E-state index >= 15 is 0 Å². The van der Waals surface area contributed by atoms with Gasteiger partial charge in [0.25, 0.3) is 0 Å². The lowest BCUT2D eigenvalue weighted by atomic mass is 9.82. The van der Waals surface area contributed by atoms with Gasteiger partial charge < -0.3 is 0 Å². The summed E-state index contributed by atoms with van der Waals surface area (Å²) in [5, 5.41) is 0. The van der Waals surface area contributed by atoms with E-state index in [2.05, 4.69) is 86.6 Å². The standard InChI is InChI=1S/C19H31.ClHO4/c1-17(2,3)14-10-11-15(18(4,5)6)13-16(12-14)19(7,8)9;2-1(3,4)5/h10-13H,1-9H3;(H,2,3,4,5)/q+1;/p-1. The van der Waals surface area contributed by atoms with Crippen LogP contribution >= 0.6 is 0 Å². The SMILES string of the molecule is CC(C)(C)c1c[cH+]c(C(C)(C)C)cc(C(C)(C)C)c1.[O-][Cl+3]([O-])([O-])[O-]. The van der Waals surface area contributed by atoms with Crippen LogP contribution in [0.1, 0.15) is 79.0 Å². The third kappa shape index (κ3) is 9.50. The zero-order valence-corrected chi connectivity index (χ0v) is 17.1. The quantitative estimate of drug-likeness (QED) is 0.649. The lowest BCUT2D eigenvalue weighted by Gasteiger charge is -2.19. The average Bonchev–Trinajstić information content (AvgIpc) is 2.45. The van der Waals surface area contributed by atoms with Gasteiger partial charge in [0, 0.05) is 45.6 Å². The number of hydrogen-bond donors (Lipinski definition) is 0. The molecule has 5 heteroatoms. The predicted molar refractivity (Wildman–Crippen MR) is 86.9 cm³/mol. The Bertz CT molecular complexity index is 504. The Morgan fingerprint density at radius 3 is 1.33 bits per heavy atom. The second-order valence-corrected chi connectivity index (χ2v) is 9.87. The smallest absolute Gasteiger partial charge is 0.0656 e. The Hall–Kier alpha value is -0.780. The predicted octanol–water partition coefficient (Wildman–Crippen LogP) is 1.10. The van der Waals surface area contributed by atoms with Crippen LogP contribution in [0.25, 0.3) is 0 Å². The lowest BCUT2D eigenvalue weighted by Crippen LogP contribution is -2.68. The molecule has 0 aliphatic rings. The molecule has 0 saturated carbocycles. The van der Waals surface area contributed by atoms with Crippen molar-refractivity contribution in [2.45, 2.75) is 78.6 Å². The zero-order chi connectivity index (χ0) is 19.6. The Balaban J connectivity index is 0.000000922. The van der Waals surface area contributed by atoms with Gasteiger partial charge in [-0.25, -0.2) is 18.6 Å². The zero-order valence-electron chi connectivity index (χ0n) is 16.3. The summed E-state index contributed by atoms with van der Waals surface area (Å²) < 4.78 is 34.0. The molecule has 0 aliphatic carbocycles. The molecule has 24 heavy (non-hydrogen) atoms. The van der Waals surface area contributed by atoms with Crippen molar-refractivity contribution >= 4 is 0 Å². The highest BCUT2D eigenvalue weighted by Gasteiger charge is 2.26. The van der Waals surface area contributed by atoms with Gasteiger partial charge in [-0.15, -0.1) is 10.2 Å². The molecule has 0 aliphatic heterocycles. The fourth-order valence-electron chi connectivity index (χ4n) is 2.02. The molecule has 0 radical (unpaired) electrons. The highest BCUT2D eigenvalue weighted by atomic mass is 35.7. The van der Waals surface area contributed by atoms with E-state index in [4.69, 9.17) is 18.6 Å². The van der Waals surface area contributed by atoms with Crippen molar-refractivity contribution in [1.82, 2.24) is 0 Å². The molecule has 0 N–H and O–H groups in total. The van der Waals surface area contributed by atoms with Crippen molar-refractivity contribution in [2.24, 2.45) is 0 Å². The van der Waals surface area contributed by atoms with Crippen molar-refractivity contribution in [1.29, 1.82) is 0 Å². The van der Waals surface area contributed by atoms with E-state index in [9.17, 15) is 0 Å². The van der Waals surface area contributed by atoms with Gasteiger partial charge in [0.1, 0.15) is 0 Å². The van der Waals surface area contributed by atoms with Crippen molar-refractivity contribution in [3.8, 4) is 0 Å². The molecular formula is C19H31ClO4. The first-order valence-electron chi connectivity index (χ1n) is 7.93. The largest absolute Gasteiger partial charge is 0.222 e. The Morgan fingerprint density at radius 1 is 0.667 bits per heavy atom. The van der Waals surface area contributed by atoms with E-state index in [0.717, 1.165) is 0 Å². The molecule has 0 amide bonds. The van der Waals surface area contributed by atoms with Crippen LogP contribution in [-0.4, -0.2) is 0 Å². The Morgan fingerprint density at radius 2 is 1.04 bits per heavy atom. The third-order valence-electron chi connectivity index (χ3n) is 3.66. The molecule has 0 spiro atoms. The molecule has 0 fully saturated rings. The van der Waals surface area contributed by atoms with Crippen LogP contribution in [0.2, 0.25) is 0 Å². The van der Waals surface area contributed by atoms with Crippen molar-refractivity contribution in [3.05, 3.63) is 41.0 Å². The fourth-order valence-corrected chi connectivity index (χ4v) is 2.02. The van der Waals surface area contributed by atoms with Gasteiger partial charge in [-0.3, -0.25) is 0 Å². The van der Waals surface area contributed by atoms with Crippen LogP contribution in [0, 0.1) is 10.2 Å². The second kappa shape index (κ2) is 7.63. The highest BCUT2D eigenvalue weighted by Crippen LogP contribution is 2.31. The van der Waals surface area contributed by atoms with Gasteiger partial charge in [0.05, 0.1) is 11.6 Å². The summed E-state index contributed by atoms with van der Waals surface area (Å²) in [6.45, 7) is 20.6.